The summed E-state index contributed by atoms with van der Waals surface area (Å²) in [6.45, 7) is -0.244. The highest BCUT2D eigenvalue weighted by molar-refractivity contribution is 7.89. The number of carboxylic acids is 1. The molecule has 10 nitrogen and oxygen atoms in total. The Morgan fingerprint density at radius 3 is 2.17 bits per heavy atom. The van der Waals surface area contributed by atoms with Crippen molar-refractivity contribution in [1.82, 2.24) is 9.62 Å². The summed E-state index contributed by atoms with van der Waals surface area (Å²) in [7, 11) is -4.53. The minimum Gasteiger partial charge on any atom is -0.479 e. The highest BCUT2D eigenvalue weighted by Gasteiger charge is 2.58. The first-order valence-corrected chi connectivity index (χ1v) is 12.0. The molecular weight excluding hydrogens is 474 g/mol. The van der Waals surface area contributed by atoms with Crippen molar-refractivity contribution in [3.05, 3.63) is 106 Å². The summed E-state index contributed by atoms with van der Waals surface area (Å²) in [4.78, 5) is 36.7. The fourth-order valence-electron chi connectivity index (χ4n) is 4.25. The molecule has 1 aliphatic heterocycles. The molecule has 1 amide bonds. The number of aliphatic carboxylic acids is 1. The van der Waals surface area contributed by atoms with Gasteiger partial charge in [0, 0.05) is 12.5 Å². The summed E-state index contributed by atoms with van der Waals surface area (Å²) in [5.41, 5.74) is -1.35. The molecule has 1 unspecified atom stereocenters. The van der Waals surface area contributed by atoms with Crippen LogP contribution in [0.4, 0.5) is 5.69 Å². The maximum Gasteiger partial charge on any atom is 0.331 e. The first kappa shape index (κ1) is 24.0. The van der Waals surface area contributed by atoms with E-state index in [1.807, 2.05) is 0 Å². The second-order valence-corrected chi connectivity index (χ2v) is 9.81. The number of nitro groups is 1. The van der Waals surface area contributed by atoms with E-state index in [2.05, 4.69) is 4.72 Å². The number of nitro benzene ring substituents is 1. The van der Waals surface area contributed by atoms with Gasteiger partial charge in [-0.05, 0) is 17.2 Å². The molecule has 1 saturated heterocycles. The number of amides is 1. The van der Waals surface area contributed by atoms with Gasteiger partial charge in [0.15, 0.2) is 10.9 Å². The number of benzene rings is 3. The Bertz CT molecular complexity index is 1380. The summed E-state index contributed by atoms with van der Waals surface area (Å²) in [6.07, 6.45) is -0.0653. The van der Waals surface area contributed by atoms with Crippen LogP contribution in [0, 0.1) is 10.1 Å². The second kappa shape index (κ2) is 9.28. The molecule has 0 spiro atoms. The number of likely N-dealkylation sites (tertiary alicyclic amines) is 1. The molecule has 3 aromatic carbocycles. The zero-order valence-corrected chi connectivity index (χ0v) is 19.1. The topological polar surface area (TPSA) is 147 Å². The van der Waals surface area contributed by atoms with Gasteiger partial charge in [0.2, 0.25) is 15.9 Å². The van der Waals surface area contributed by atoms with E-state index >= 15 is 0 Å². The molecule has 3 aromatic rings. The van der Waals surface area contributed by atoms with E-state index in [0.717, 1.165) is 17.0 Å². The van der Waals surface area contributed by atoms with Crippen LogP contribution in [0.15, 0.2) is 89.8 Å². The van der Waals surface area contributed by atoms with Crippen LogP contribution in [0.3, 0.4) is 0 Å². The molecular formula is C24H21N3O7S. The number of β-lactam (4-membered cyclic amide) rings is 1. The van der Waals surface area contributed by atoms with Crippen molar-refractivity contribution in [1.29, 1.82) is 0 Å². The predicted molar refractivity (Wildman–Crippen MR) is 125 cm³/mol. The van der Waals surface area contributed by atoms with E-state index in [1.165, 1.54) is 12.1 Å². The average molecular weight is 496 g/mol. The normalized spacial score (nSPS) is 18.5. The van der Waals surface area contributed by atoms with Gasteiger partial charge in [-0.15, -0.1) is 0 Å². The standard InChI is InChI=1S/C24H21N3O7S/c28-22(29)21(18-11-5-2-6-12-18)26-16-24(23(26)30,15-17-9-3-1-4-10-17)25-35(33,34)20-14-8-7-13-19(20)27(31)32/h1-14,21,25H,15-16H2,(H,28,29)/t21-,24?/m1/s1. The molecule has 0 aliphatic carbocycles. The van der Waals surface area contributed by atoms with Crippen molar-refractivity contribution < 1.29 is 28.0 Å². The molecule has 1 heterocycles. The number of nitrogens with one attached hydrogen (secondary N) is 1. The number of carbonyl (C=O) groups excluding carboxylic acids is 1. The minimum atomic E-state index is -4.53. The number of para-hydroxylation sites is 1. The fourth-order valence-corrected chi connectivity index (χ4v) is 5.77. The number of rotatable bonds is 9. The quantitative estimate of drug-likeness (QED) is 0.263. The van der Waals surface area contributed by atoms with Gasteiger partial charge in [0.05, 0.1) is 11.5 Å². The predicted octanol–water partition coefficient (Wildman–Crippen LogP) is 2.52. The Balaban J connectivity index is 1.73. The van der Waals surface area contributed by atoms with Gasteiger partial charge in [-0.1, -0.05) is 72.8 Å². The third-order valence-electron chi connectivity index (χ3n) is 5.80. The molecule has 35 heavy (non-hydrogen) atoms. The number of carbonyl (C=O) groups is 2. The molecule has 11 heteroatoms. The van der Waals surface area contributed by atoms with Gasteiger partial charge in [-0.2, -0.15) is 4.72 Å². The van der Waals surface area contributed by atoms with Crippen LogP contribution in [0.1, 0.15) is 17.2 Å². The second-order valence-electron chi connectivity index (χ2n) is 8.16. The van der Waals surface area contributed by atoms with Gasteiger partial charge in [0.25, 0.3) is 5.69 Å². The van der Waals surface area contributed by atoms with E-state index in [4.69, 9.17) is 0 Å². The number of nitrogens with zero attached hydrogens (tertiary/aromatic N) is 2. The fraction of sp³-hybridized carbons (Fsp3) is 0.167. The Morgan fingerprint density at radius 1 is 1.03 bits per heavy atom. The molecule has 180 valence electrons. The Hall–Kier alpha value is -4.09. The number of hydrogen-bond donors (Lipinski definition) is 2. The van der Waals surface area contributed by atoms with Gasteiger partial charge in [-0.25, -0.2) is 13.2 Å². The average Bonchev–Trinajstić information content (AvgIpc) is 2.84. The molecule has 0 aromatic heterocycles. The van der Waals surface area contributed by atoms with E-state index in [0.29, 0.717) is 11.1 Å². The Morgan fingerprint density at radius 2 is 1.60 bits per heavy atom. The zero-order valence-electron chi connectivity index (χ0n) is 18.3. The molecule has 0 bridgehead atoms. The van der Waals surface area contributed by atoms with Gasteiger partial charge in [0.1, 0.15) is 5.54 Å². The third-order valence-corrected chi connectivity index (χ3v) is 7.39. The zero-order chi connectivity index (χ0) is 25.2. The number of hydrogen-bond acceptors (Lipinski definition) is 6. The van der Waals surface area contributed by atoms with Crippen molar-refractivity contribution in [3.8, 4) is 0 Å². The third kappa shape index (κ3) is 4.63. The monoisotopic (exact) mass is 495 g/mol. The van der Waals surface area contributed by atoms with Crippen molar-refractivity contribution in [2.75, 3.05) is 6.54 Å². The summed E-state index contributed by atoms with van der Waals surface area (Å²) >= 11 is 0. The minimum absolute atomic E-state index is 0.0653. The van der Waals surface area contributed by atoms with E-state index in [1.54, 1.807) is 60.7 Å². The lowest BCUT2D eigenvalue weighted by atomic mass is 9.81. The lowest BCUT2D eigenvalue weighted by molar-refractivity contribution is -0.387. The largest absolute Gasteiger partial charge is 0.479 e. The van der Waals surface area contributed by atoms with Crippen LogP contribution in [0.25, 0.3) is 0 Å². The van der Waals surface area contributed by atoms with Crippen molar-refractivity contribution in [2.24, 2.45) is 0 Å². The highest BCUT2D eigenvalue weighted by Crippen LogP contribution is 2.37. The first-order valence-electron chi connectivity index (χ1n) is 10.5. The maximum absolute atomic E-state index is 13.5. The van der Waals surface area contributed by atoms with Crippen LogP contribution >= 0.6 is 0 Å². The SMILES string of the molecule is O=C(O)[C@@H](c1ccccc1)N1CC(Cc2ccccc2)(NS(=O)(=O)c2ccccc2[N+](=O)[O-])C1=O. The van der Waals surface area contributed by atoms with Gasteiger partial charge < -0.3 is 10.0 Å². The molecule has 2 atom stereocenters. The highest BCUT2D eigenvalue weighted by atomic mass is 32.2. The van der Waals surface area contributed by atoms with Crippen LogP contribution in [0.5, 0.6) is 0 Å². The summed E-state index contributed by atoms with van der Waals surface area (Å²) < 4.78 is 28.9. The summed E-state index contributed by atoms with van der Waals surface area (Å²) in [6, 6.07) is 20.3. The van der Waals surface area contributed by atoms with Crippen molar-refractivity contribution in [3.63, 3.8) is 0 Å². The van der Waals surface area contributed by atoms with Crippen LogP contribution in [-0.2, 0) is 26.0 Å². The van der Waals surface area contributed by atoms with E-state index in [9.17, 15) is 33.2 Å². The molecule has 1 fully saturated rings. The smallest absolute Gasteiger partial charge is 0.331 e. The van der Waals surface area contributed by atoms with E-state index < -0.39 is 49.0 Å². The molecule has 1 aliphatic rings. The summed E-state index contributed by atoms with van der Waals surface area (Å²) in [5, 5.41) is 21.3. The van der Waals surface area contributed by atoms with Gasteiger partial charge >= 0.3 is 5.97 Å². The molecule has 0 saturated carbocycles. The Kier molecular flexibility index (Phi) is 6.37. The summed E-state index contributed by atoms with van der Waals surface area (Å²) in [5.74, 6) is -2.00. The van der Waals surface area contributed by atoms with Crippen LogP contribution < -0.4 is 4.72 Å². The molecule has 0 radical (unpaired) electrons. The van der Waals surface area contributed by atoms with Crippen molar-refractivity contribution >= 4 is 27.6 Å². The van der Waals surface area contributed by atoms with Crippen LogP contribution in [0.2, 0.25) is 0 Å². The molecule has 2 N–H and O–H groups in total. The first-order chi connectivity index (χ1) is 16.6. The number of carboxylic acid groups (broad SMARTS) is 1. The van der Waals surface area contributed by atoms with Crippen molar-refractivity contribution in [2.45, 2.75) is 22.9 Å². The lowest BCUT2D eigenvalue weighted by Gasteiger charge is -2.51. The Labute approximate surface area is 201 Å². The van der Waals surface area contributed by atoms with E-state index in [-0.39, 0.29) is 13.0 Å². The molecule has 4 rings (SSSR count). The van der Waals surface area contributed by atoms with Gasteiger partial charge in [-0.3, -0.25) is 14.9 Å². The maximum atomic E-state index is 13.5. The number of sulfonamides is 1. The lowest BCUT2D eigenvalue weighted by Crippen LogP contribution is -2.75. The van der Waals surface area contributed by atoms with Crippen LogP contribution in [-0.4, -0.2) is 47.3 Å².